The fourth-order valence-electron chi connectivity index (χ4n) is 0.235. The molecule has 0 rings (SSSR count). The Hall–Kier alpha value is 0.120. The SMILES string of the molecule is C=C(P=C=P)C(C)(C)C. The van der Waals surface area contributed by atoms with Crippen molar-refractivity contribution in [3.8, 4) is 0 Å². The van der Waals surface area contributed by atoms with E-state index in [9.17, 15) is 0 Å². The van der Waals surface area contributed by atoms with Gasteiger partial charge in [-0.2, -0.15) is 0 Å². The van der Waals surface area contributed by atoms with Crippen LogP contribution in [0, 0.1) is 5.41 Å². The van der Waals surface area contributed by atoms with Gasteiger partial charge in [-0.1, -0.05) is 41.4 Å². The van der Waals surface area contributed by atoms with Crippen LogP contribution in [0.2, 0.25) is 0 Å². The first-order valence-corrected chi connectivity index (χ1v) is 4.20. The zero-order chi connectivity index (χ0) is 7.49. The molecule has 0 aliphatic heterocycles. The van der Waals surface area contributed by atoms with Gasteiger partial charge in [0.15, 0.2) is 0 Å². The molecular formula is C7H12P2. The minimum Gasteiger partial charge on any atom is -0.0901 e. The van der Waals surface area contributed by atoms with Gasteiger partial charge < -0.3 is 0 Å². The van der Waals surface area contributed by atoms with Crippen molar-refractivity contribution < 1.29 is 0 Å². The highest BCUT2D eigenvalue weighted by molar-refractivity contribution is 7.50. The predicted octanol–water partition coefficient (Wildman–Crippen LogP) is 3.27. The van der Waals surface area contributed by atoms with Crippen LogP contribution in [0.4, 0.5) is 0 Å². The van der Waals surface area contributed by atoms with Crippen molar-refractivity contribution in [2.45, 2.75) is 20.8 Å². The topological polar surface area (TPSA) is 0 Å². The average Bonchev–Trinajstić information content (AvgIpc) is 1.64. The summed E-state index contributed by atoms with van der Waals surface area (Å²) in [6.07, 6.45) is 0. The number of allylic oxidation sites excluding steroid dienone is 1. The molecule has 2 heteroatoms. The molecule has 0 aromatic rings. The Morgan fingerprint density at radius 2 is 2.00 bits per heavy atom. The molecule has 0 heterocycles. The summed E-state index contributed by atoms with van der Waals surface area (Å²) in [6.45, 7) is 10.3. The summed E-state index contributed by atoms with van der Waals surface area (Å²) in [5.41, 5.74) is 0.210. The summed E-state index contributed by atoms with van der Waals surface area (Å²) < 4.78 is 0. The number of rotatable bonds is 1. The van der Waals surface area contributed by atoms with Gasteiger partial charge in [-0.15, -0.1) is 0 Å². The van der Waals surface area contributed by atoms with E-state index in [0.29, 0.717) is 0 Å². The van der Waals surface area contributed by atoms with E-state index in [0.717, 1.165) is 8.20 Å². The van der Waals surface area contributed by atoms with Crippen LogP contribution in [0.25, 0.3) is 0 Å². The average molecular weight is 158 g/mol. The molecule has 0 saturated carbocycles. The normalized spacial score (nSPS) is 11.0. The third-order valence-corrected chi connectivity index (χ3v) is 2.44. The fraction of sp³-hybridized carbons (Fsp3) is 0.571. The van der Waals surface area contributed by atoms with E-state index >= 15 is 0 Å². The second kappa shape index (κ2) is 3.33. The Bertz CT molecular complexity index is 156. The molecule has 0 spiro atoms. The number of hydrogen-bond acceptors (Lipinski definition) is 0. The minimum absolute atomic E-state index is 0.210. The molecule has 0 aromatic carbocycles. The molecule has 0 saturated heterocycles. The Balaban J connectivity index is 4.22. The van der Waals surface area contributed by atoms with Crippen LogP contribution in [0.3, 0.4) is 0 Å². The van der Waals surface area contributed by atoms with Crippen molar-refractivity contribution >= 4 is 22.2 Å². The fourth-order valence-corrected chi connectivity index (χ4v) is 1.11. The zero-order valence-corrected chi connectivity index (χ0v) is 8.05. The highest BCUT2D eigenvalue weighted by atomic mass is 31.1. The molecule has 0 N–H and O–H groups in total. The molecule has 0 radical (unpaired) electrons. The van der Waals surface area contributed by atoms with Crippen LogP contribution in [0.5, 0.6) is 0 Å². The lowest BCUT2D eigenvalue weighted by Gasteiger charge is -2.16. The molecule has 0 atom stereocenters. The zero-order valence-electron chi connectivity index (χ0n) is 6.15. The van der Waals surface area contributed by atoms with E-state index in [-0.39, 0.29) is 5.41 Å². The van der Waals surface area contributed by atoms with Gasteiger partial charge in [-0.25, -0.2) is 0 Å². The molecule has 50 valence electrons. The largest absolute Gasteiger partial charge is 0.0901 e. The van der Waals surface area contributed by atoms with Gasteiger partial charge in [0.1, 0.15) is 0 Å². The summed E-state index contributed by atoms with van der Waals surface area (Å²) in [7, 11) is 4.22. The summed E-state index contributed by atoms with van der Waals surface area (Å²) in [5.74, 6) is 0. The van der Waals surface area contributed by atoms with Crippen LogP contribution in [0.15, 0.2) is 11.9 Å². The molecule has 9 heavy (non-hydrogen) atoms. The molecule has 0 unspecified atom stereocenters. The van der Waals surface area contributed by atoms with Crippen molar-refractivity contribution in [2.24, 2.45) is 5.41 Å². The van der Waals surface area contributed by atoms with E-state index in [4.69, 9.17) is 0 Å². The van der Waals surface area contributed by atoms with Gasteiger partial charge in [0.2, 0.25) is 0 Å². The van der Waals surface area contributed by atoms with Gasteiger partial charge in [0, 0.05) is 0 Å². The maximum absolute atomic E-state index is 3.91. The van der Waals surface area contributed by atoms with Crippen LogP contribution >= 0.6 is 17.1 Å². The van der Waals surface area contributed by atoms with Crippen molar-refractivity contribution in [3.05, 3.63) is 11.9 Å². The highest BCUT2D eigenvalue weighted by Crippen LogP contribution is 2.31. The Morgan fingerprint density at radius 1 is 1.56 bits per heavy atom. The molecule has 0 bridgehead atoms. The van der Waals surface area contributed by atoms with Crippen LogP contribution in [-0.4, -0.2) is 5.17 Å². The summed E-state index contributed by atoms with van der Waals surface area (Å²) in [6, 6.07) is 0. The highest BCUT2D eigenvalue weighted by Gasteiger charge is 2.11. The summed E-state index contributed by atoms with van der Waals surface area (Å²) in [4.78, 5) is 0. The Labute approximate surface area is 61.0 Å². The molecular weight excluding hydrogens is 146 g/mol. The van der Waals surface area contributed by atoms with Gasteiger partial charge in [0.25, 0.3) is 0 Å². The van der Waals surface area contributed by atoms with Crippen molar-refractivity contribution in [2.75, 3.05) is 0 Å². The van der Waals surface area contributed by atoms with E-state index in [2.05, 4.69) is 41.4 Å². The second-order valence-electron chi connectivity index (χ2n) is 2.92. The first kappa shape index (κ1) is 9.12. The lowest BCUT2D eigenvalue weighted by molar-refractivity contribution is 0.534. The Morgan fingerprint density at radius 3 is 2.11 bits per heavy atom. The first-order valence-electron chi connectivity index (χ1n) is 2.80. The third kappa shape index (κ3) is 3.66. The quantitative estimate of drug-likeness (QED) is 0.514. The Kier molecular flexibility index (Phi) is 3.37. The van der Waals surface area contributed by atoms with Gasteiger partial charge in [-0.05, 0) is 18.9 Å². The molecule has 0 aromatic heterocycles. The lowest BCUT2D eigenvalue weighted by atomic mass is 9.97. The maximum Gasteiger partial charge on any atom is -0.00882 e. The molecule has 0 amide bonds. The van der Waals surface area contributed by atoms with Gasteiger partial charge in [-0.3, -0.25) is 0 Å². The van der Waals surface area contributed by atoms with Crippen LogP contribution in [0.1, 0.15) is 20.8 Å². The van der Waals surface area contributed by atoms with Crippen LogP contribution in [-0.2, 0) is 0 Å². The lowest BCUT2D eigenvalue weighted by Crippen LogP contribution is -2.02. The van der Waals surface area contributed by atoms with Crippen LogP contribution < -0.4 is 0 Å². The van der Waals surface area contributed by atoms with Crippen molar-refractivity contribution in [1.29, 1.82) is 0 Å². The van der Waals surface area contributed by atoms with E-state index < -0.39 is 0 Å². The summed E-state index contributed by atoms with van der Waals surface area (Å²) in [5, 5.41) is 4.03. The standard InChI is InChI=1S/C7H12P2/c1-6(9-5-8)7(2,3)4/h8H,1H2,2-4H3. The minimum atomic E-state index is 0.210. The molecule has 0 aliphatic carbocycles. The molecule has 0 aliphatic rings. The third-order valence-electron chi connectivity index (χ3n) is 1.06. The summed E-state index contributed by atoms with van der Waals surface area (Å²) >= 11 is 0. The van der Waals surface area contributed by atoms with Crippen molar-refractivity contribution in [1.82, 2.24) is 0 Å². The maximum atomic E-state index is 3.91. The van der Waals surface area contributed by atoms with Gasteiger partial charge >= 0.3 is 0 Å². The van der Waals surface area contributed by atoms with E-state index in [1.165, 1.54) is 5.31 Å². The smallest absolute Gasteiger partial charge is 0.00882 e. The van der Waals surface area contributed by atoms with Gasteiger partial charge in [0.05, 0.1) is 0 Å². The van der Waals surface area contributed by atoms with E-state index in [1.807, 2.05) is 0 Å². The second-order valence-corrected chi connectivity index (χ2v) is 4.58. The first-order chi connectivity index (χ1) is 3.98. The van der Waals surface area contributed by atoms with Crippen molar-refractivity contribution in [3.63, 3.8) is 0 Å². The predicted molar refractivity (Wildman–Crippen MR) is 48.8 cm³/mol. The number of hydrogen-bond donors (Lipinski definition) is 0. The van der Waals surface area contributed by atoms with E-state index in [1.54, 1.807) is 0 Å². The molecule has 0 nitrogen and oxygen atoms in total. The monoisotopic (exact) mass is 158 g/mol. The molecule has 0 fully saturated rings.